The molecule has 1 atom stereocenters. The van der Waals surface area contributed by atoms with Gasteiger partial charge in [0.05, 0.1) is 12.1 Å². The number of hydrogen-bond donors (Lipinski definition) is 3. The van der Waals surface area contributed by atoms with E-state index >= 15 is 0 Å². The summed E-state index contributed by atoms with van der Waals surface area (Å²) in [5.41, 5.74) is -2.15. The molecule has 1 aromatic heterocycles. The van der Waals surface area contributed by atoms with Gasteiger partial charge < -0.3 is 25.0 Å². The largest absolute Gasteiger partial charge is 0.480 e. The summed E-state index contributed by atoms with van der Waals surface area (Å²) in [6.07, 6.45) is -3.59. The van der Waals surface area contributed by atoms with Crippen molar-refractivity contribution >= 4 is 18.0 Å². The number of hydrogen-bond acceptors (Lipinski definition) is 5. The number of ether oxygens (including phenoxy) is 1. The first-order chi connectivity index (χ1) is 16.7. The van der Waals surface area contributed by atoms with E-state index in [0.717, 1.165) is 16.7 Å². The van der Waals surface area contributed by atoms with Crippen LogP contribution in [0.4, 0.5) is 18.0 Å². The van der Waals surface area contributed by atoms with Crippen LogP contribution in [-0.4, -0.2) is 45.8 Å². The molecule has 1 heterocycles. The number of aromatic nitrogens is 1. The van der Waals surface area contributed by atoms with E-state index in [2.05, 4.69) is 10.6 Å². The first-order valence-corrected chi connectivity index (χ1v) is 11.0. The molecule has 2 rings (SSSR count). The monoisotopic (exact) mass is 511 g/mol. The first-order valence-electron chi connectivity index (χ1n) is 11.0. The fraction of sp³-hybridized carbons (Fsp3) is 0.417. The van der Waals surface area contributed by atoms with E-state index in [-0.39, 0.29) is 31.5 Å². The maximum Gasteiger partial charge on any atom is 0.416 e. The van der Waals surface area contributed by atoms with Gasteiger partial charge in [-0.3, -0.25) is 9.59 Å². The highest BCUT2D eigenvalue weighted by Gasteiger charge is 2.30. The van der Waals surface area contributed by atoms with Gasteiger partial charge in [-0.1, -0.05) is 12.1 Å². The Labute approximate surface area is 205 Å². The standard InChI is InChI=1S/C24H28F3N3O6/c1-23(2,3)36-22(35)28-12-4-7-18(21(33)34)29-19(31)17-6-5-13-30(20(17)32)14-15-8-10-16(11-9-15)24(25,26)27/h5-6,8-11,13,18H,4,7,12,14H2,1-3H3,(H,28,35)(H,29,31)(H,33,34)/t18-/m0/s1. The number of rotatable bonds is 9. The van der Waals surface area contributed by atoms with Gasteiger partial charge in [0.25, 0.3) is 11.5 Å². The number of alkyl halides is 3. The molecule has 0 aliphatic heterocycles. The Bertz CT molecular complexity index is 1140. The molecule has 0 fully saturated rings. The van der Waals surface area contributed by atoms with E-state index < -0.39 is 46.9 Å². The fourth-order valence-electron chi connectivity index (χ4n) is 3.13. The summed E-state index contributed by atoms with van der Waals surface area (Å²) < 4.78 is 44.4. The molecule has 2 aromatic rings. The zero-order valence-corrected chi connectivity index (χ0v) is 20.0. The summed E-state index contributed by atoms with van der Waals surface area (Å²) >= 11 is 0. The highest BCUT2D eigenvalue weighted by Crippen LogP contribution is 2.29. The third-order valence-electron chi connectivity index (χ3n) is 4.84. The Kier molecular flexibility index (Phi) is 9.26. The number of benzene rings is 1. The van der Waals surface area contributed by atoms with Gasteiger partial charge in [0.1, 0.15) is 17.2 Å². The van der Waals surface area contributed by atoms with E-state index in [1.54, 1.807) is 20.8 Å². The van der Waals surface area contributed by atoms with Crippen LogP contribution in [0, 0.1) is 0 Å². The maximum atomic E-state index is 12.8. The molecule has 1 aromatic carbocycles. The third kappa shape index (κ3) is 8.75. The van der Waals surface area contributed by atoms with Crippen molar-refractivity contribution < 1.29 is 37.4 Å². The number of nitrogens with zero attached hydrogens (tertiary/aromatic N) is 1. The van der Waals surface area contributed by atoms with Crippen molar-refractivity contribution in [2.45, 2.75) is 58.0 Å². The van der Waals surface area contributed by atoms with E-state index in [1.807, 2.05) is 0 Å². The number of carbonyl (C=O) groups is 3. The lowest BCUT2D eigenvalue weighted by Crippen LogP contribution is -2.43. The summed E-state index contributed by atoms with van der Waals surface area (Å²) in [4.78, 5) is 48.6. The summed E-state index contributed by atoms with van der Waals surface area (Å²) in [6.45, 7) is 5.12. The molecule has 0 bridgehead atoms. The van der Waals surface area contributed by atoms with Crippen LogP contribution in [0.25, 0.3) is 0 Å². The number of nitrogens with one attached hydrogen (secondary N) is 2. The zero-order chi connectivity index (χ0) is 27.1. The van der Waals surface area contributed by atoms with Crippen LogP contribution in [0.2, 0.25) is 0 Å². The lowest BCUT2D eigenvalue weighted by molar-refractivity contribution is -0.139. The van der Waals surface area contributed by atoms with Gasteiger partial charge in [-0.15, -0.1) is 0 Å². The van der Waals surface area contributed by atoms with Crippen LogP contribution in [-0.2, 0) is 22.3 Å². The lowest BCUT2D eigenvalue weighted by atomic mass is 10.1. The topological polar surface area (TPSA) is 127 Å². The summed E-state index contributed by atoms with van der Waals surface area (Å²) in [7, 11) is 0. The maximum absolute atomic E-state index is 12.8. The van der Waals surface area contributed by atoms with Gasteiger partial charge >= 0.3 is 18.2 Å². The Balaban J connectivity index is 2.01. The fourth-order valence-corrected chi connectivity index (χ4v) is 3.13. The average molecular weight is 511 g/mol. The van der Waals surface area contributed by atoms with Crippen LogP contribution in [0.1, 0.15) is 55.1 Å². The summed E-state index contributed by atoms with van der Waals surface area (Å²) in [5, 5.41) is 14.2. The third-order valence-corrected chi connectivity index (χ3v) is 4.84. The highest BCUT2D eigenvalue weighted by molar-refractivity contribution is 5.96. The molecule has 0 spiro atoms. The van der Waals surface area contributed by atoms with Gasteiger partial charge in [0.15, 0.2) is 0 Å². The Morgan fingerprint density at radius 1 is 1.08 bits per heavy atom. The molecule has 2 amide bonds. The van der Waals surface area contributed by atoms with Crippen LogP contribution in [0.15, 0.2) is 47.4 Å². The molecular formula is C24H28F3N3O6. The highest BCUT2D eigenvalue weighted by atomic mass is 19.4. The predicted octanol–water partition coefficient (Wildman–Crippen LogP) is 3.40. The van der Waals surface area contributed by atoms with Crippen molar-refractivity contribution in [3.63, 3.8) is 0 Å². The second kappa shape index (κ2) is 11.7. The minimum absolute atomic E-state index is 0.0244. The number of carboxylic acid groups (broad SMARTS) is 1. The van der Waals surface area contributed by atoms with Crippen molar-refractivity contribution in [3.8, 4) is 0 Å². The normalized spacial score (nSPS) is 12.5. The number of carbonyl (C=O) groups excluding carboxylic acids is 2. The number of pyridine rings is 1. The van der Waals surface area contributed by atoms with Crippen molar-refractivity contribution in [2.24, 2.45) is 0 Å². The molecule has 0 aliphatic carbocycles. The Morgan fingerprint density at radius 3 is 2.28 bits per heavy atom. The first kappa shape index (κ1) is 28.4. The van der Waals surface area contributed by atoms with E-state index in [9.17, 15) is 37.5 Å². The van der Waals surface area contributed by atoms with Crippen molar-refractivity contribution in [2.75, 3.05) is 6.54 Å². The van der Waals surface area contributed by atoms with Gasteiger partial charge in [-0.2, -0.15) is 13.2 Å². The molecule has 0 aliphatic rings. The van der Waals surface area contributed by atoms with Crippen molar-refractivity contribution in [1.82, 2.24) is 15.2 Å². The molecule has 3 N–H and O–H groups in total. The molecule has 9 nitrogen and oxygen atoms in total. The molecule has 196 valence electrons. The van der Waals surface area contributed by atoms with Crippen LogP contribution < -0.4 is 16.2 Å². The second-order valence-corrected chi connectivity index (χ2v) is 8.98. The Hall–Kier alpha value is -3.83. The zero-order valence-electron chi connectivity index (χ0n) is 20.0. The smallest absolute Gasteiger partial charge is 0.416 e. The van der Waals surface area contributed by atoms with Gasteiger partial charge in [-0.25, -0.2) is 9.59 Å². The minimum Gasteiger partial charge on any atom is -0.480 e. The SMILES string of the molecule is CC(C)(C)OC(=O)NCCC[C@H](NC(=O)c1cccn(Cc2ccc(C(F)(F)F)cc2)c1=O)C(=O)O. The number of aliphatic carboxylic acids is 1. The number of alkyl carbamates (subject to hydrolysis) is 1. The van der Waals surface area contributed by atoms with E-state index in [1.165, 1.54) is 30.5 Å². The van der Waals surface area contributed by atoms with Crippen LogP contribution in [0.3, 0.4) is 0 Å². The summed E-state index contributed by atoms with van der Waals surface area (Å²) in [5.74, 6) is -2.23. The lowest BCUT2D eigenvalue weighted by Gasteiger charge is -2.20. The van der Waals surface area contributed by atoms with Crippen molar-refractivity contribution in [3.05, 3.63) is 69.6 Å². The molecule has 36 heavy (non-hydrogen) atoms. The molecule has 0 saturated carbocycles. The van der Waals surface area contributed by atoms with Crippen LogP contribution in [0.5, 0.6) is 0 Å². The summed E-state index contributed by atoms with van der Waals surface area (Å²) in [6, 6.07) is 5.56. The Morgan fingerprint density at radius 2 is 1.72 bits per heavy atom. The number of carboxylic acids is 1. The van der Waals surface area contributed by atoms with Gasteiger partial charge in [0, 0.05) is 12.7 Å². The number of amides is 2. The quantitative estimate of drug-likeness (QED) is 0.443. The minimum atomic E-state index is -4.49. The molecule has 0 unspecified atom stereocenters. The van der Waals surface area contributed by atoms with E-state index in [0.29, 0.717) is 5.56 Å². The van der Waals surface area contributed by atoms with Crippen molar-refractivity contribution in [1.29, 1.82) is 0 Å². The van der Waals surface area contributed by atoms with E-state index in [4.69, 9.17) is 4.74 Å². The molecule has 0 radical (unpaired) electrons. The predicted molar refractivity (Wildman–Crippen MR) is 124 cm³/mol. The molecular weight excluding hydrogens is 483 g/mol. The average Bonchev–Trinajstić information content (AvgIpc) is 2.75. The second-order valence-electron chi connectivity index (χ2n) is 8.98. The van der Waals surface area contributed by atoms with Gasteiger partial charge in [-0.05, 0) is 63.4 Å². The van der Waals surface area contributed by atoms with Gasteiger partial charge in [0.2, 0.25) is 0 Å². The molecule has 0 saturated heterocycles. The van der Waals surface area contributed by atoms with Crippen LogP contribution >= 0.6 is 0 Å². The molecule has 12 heteroatoms. The number of halogens is 3.